The molecule has 0 aromatic heterocycles. The molecule has 0 aliphatic heterocycles. The SMILES string of the molecule is COCCC(C)C(O)C(C)c1ccccc1. The summed E-state index contributed by atoms with van der Waals surface area (Å²) in [6.45, 7) is 4.85. The van der Waals surface area contributed by atoms with E-state index in [1.165, 1.54) is 5.56 Å². The number of aliphatic hydroxyl groups excluding tert-OH is 1. The first-order chi connectivity index (χ1) is 7.66. The highest BCUT2D eigenvalue weighted by Crippen LogP contribution is 2.25. The van der Waals surface area contributed by atoms with Gasteiger partial charge in [-0.25, -0.2) is 0 Å². The van der Waals surface area contributed by atoms with Crippen molar-refractivity contribution in [1.29, 1.82) is 0 Å². The zero-order valence-corrected chi connectivity index (χ0v) is 10.4. The molecule has 16 heavy (non-hydrogen) atoms. The smallest absolute Gasteiger partial charge is 0.0632 e. The van der Waals surface area contributed by atoms with E-state index in [-0.39, 0.29) is 17.9 Å². The summed E-state index contributed by atoms with van der Waals surface area (Å²) in [5.74, 6) is 0.434. The van der Waals surface area contributed by atoms with Crippen LogP contribution in [0.15, 0.2) is 30.3 Å². The Hall–Kier alpha value is -0.860. The van der Waals surface area contributed by atoms with Crippen molar-refractivity contribution in [3.8, 4) is 0 Å². The van der Waals surface area contributed by atoms with Crippen LogP contribution in [-0.2, 0) is 4.74 Å². The number of hydrogen-bond acceptors (Lipinski definition) is 2. The average molecular weight is 222 g/mol. The van der Waals surface area contributed by atoms with Crippen LogP contribution >= 0.6 is 0 Å². The van der Waals surface area contributed by atoms with Gasteiger partial charge in [0.05, 0.1) is 6.10 Å². The maximum atomic E-state index is 10.2. The highest BCUT2D eigenvalue weighted by atomic mass is 16.5. The largest absolute Gasteiger partial charge is 0.392 e. The molecule has 1 aromatic carbocycles. The molecule has 0 radical (unpaired) electrons. The molecule has 0 heterocycles. The van der Waals surface area contributed by atoms with Crippen molar-refractivity contribution in [2.45, 2.75) is 32.3 Å². The van der Waals surface area contributed by atoms with Crippen molar-refractivity contribution in [2.75, 3.05) is 13.7 Å². The van der Waals surface area contributed by atoms with Gasteiger partial charge in [0.25, 0.3) is 0 Å². The molecule has 90 valence electrons. The van der Waals surface area contributed by atoms with Crippen molar-refractivity contribution in [3.63, 3.8) is 0 Å². The van der Waals surface area contributed by atoms with E-state index in [0.29, 0.717) is 6.61 Å². The zero-order chi connectivity index (χ0) is 12.0. The van der Waals surface area contributed by atoms with E-state index >= 15 is 0 Å². The molecule has 0 saturated heterocycles. The summed E-state index contributed by atoms with van der Waals surface area (Å²) in [7, 11) is 1.69. The van der Waals surface area contributed by atoms with Crippen LogP contribution in [0.1, 0.15) is 31.7 Å². The number of methoxy groups -OCH3 is 1. The molecular weight excluding hydrogens is 200 g/mol. The molecule has 0 fully saturated rings. The van der Waals surface area contributed by atoms with Gasteiger partial charge >= 0.3 is 0 Å². The second kappa shape index (κ2) is 6.66. The molecule has 0 amide bonds. The second-order valence-corrected chi connectivity index (χ2v) is 4.45. The quantitative estimate of drug-likeness (QED) is 0.802. The van der Waals surface area contributed by atoms with Crippen molar-refractivity contribution in [2.24, 2.45) is 5.92 Å². The predicted octanol–water partition coefficient (Wildman–Crippen LogP) is 2.82. The third kappa shape index (κ3) is 3.62. The lowest BCUT2D eigenvalue weighted by atomic mass is 9.86. The molecule has 1 N–H and O–H groups in total. The summed E-state index contributed by atoms with van der Waals surface area (Å²) in [4.78, 5) is 0. The van der Waals surface area contributed by atoms with E-state index in [4.69, 9.17) is 4.74 Å². The molecule has 0 saturated carbocycles. The Morgan fingerprint density at radius 1 is 1.19 bits per heavy atom. The van der Waals surface area contributed by atoms with Crippen LogP contribution < -0.4 is 0 Å². The number of ether oxygens (including phenoxy) is 1. The molecule has 3 unspecified atom stereocenters. The highest BCUT2D eigenvalue weighted by Gasteiger charge is 2.21. The van der Waals surface area contributed by atoms with Crippen LogP contribution in [0.5, 0.6) is 0 Å². The Labute approximate surface area is 98.3 Å². The fourth-order valence-electron chi connectivity index (χ4n) is 1.92. The summed E-state index contributed by atoms with van der Waals surface area (Å²) >= 11 is 0. The van der Waals surface area contributed by atoms with Crippen LogP contribution in [0.25, 0.3) is 0 Å². The molecule has 1 aromatic rings. The fourth-order valence-corrected chi connectivity index (χ4v) is 1.92. The topological polar surface area (TPSA) is 29.5 Å². The van der Waals surface area contributed by atoms with E-state index in [2.05, 4.69) is 26.0 Å². The van der Waals surface area contributed by atoms with Gasteiger partial charge in [-0.2, -0.15) is 0 Å². The van der Waals surface area contributed by atoms with Gasteiger partial charge in [-0.3, -0.25) is 0 Å². The molecular formula is C14H22O2. The lowest BCUT2D eigenvalue weighted by Crippen LogP contribution is -2.25. The minimum Gasteiger partial charge on any atom is -0.392 e. The Morgan fingerprint density at radius 3 is 2.38 bits per heavy atom. The van der Waals surface area contributed by atoms with Gasteiger partial charge in [-0.1, -0.05) is 44.2 Å². The van der Waals surface area contributed by atoms with Crippen molar-refractivity contribution < 1.29 is 9.84 Å². The van der Waals surface area contributed by atoms with Gasteiger partial charge in [0.2, 0.25) is 0 Å². The van der Waals surface area contributed by atoms with Crippen molar-refractivity contribution in [3.05, 3.63) is 35.9 Å². The van der Waals surface area contributed by atoms with Gasteiger partial charge in [-0.05, 0) is 17.9 Å². The first-order valence-corrected chi connectivity index (χ1v) is 5.88. The van der Waals surface area contributed by atoms with Crippen LogP contribution in [0.2, 0.25) is 0 Å². The molecule has 0 aliphatic rings. The molecule has 0 bridgehead atoms. The van der Waals surface area contributed by atoms with Crippen LogP contribution in [0.3, 0.4) is 0 Å². The van der Waals surface area contributed by atoms with Crippen LogP contribution in [0.4, 0.5) is 0 Å². The second-order valence-electron chi connectivity index (χ2n) is 4.45. The van der Waals surface area contributed by atoms with Crippen LogP contribution in [0, 0.1) is 5.92 Å². The summed E-state index contributed by atoms with van der Waals surface area (Å²) < 4.78 is 5.04. The first-order valence-electron chi connectivity index (χ1n) is 5.88. The van der Waals surface area contributed by atoms with Crippen molar-refractivity contribution >= 4 is 0 Å². The Morgan fingerprint density at radius 2 is 1.81 bits per heavy atom. The highest BCUT2D eigenvalue weighted by molar-refractivity contribution is 5.20. The van der Waals surface area contributed by atoms with E-state index in [1.54, 1.807) is 7.11 Å². The molecule has 0 aliphatic carbocycles. The zero-order valence-electron chi connectivity index (χ0n) is 10.4. The van der Waals surface area contributed by atoms with E-state index < -0.39 is 0 Å². The monoisotopic (exact) mass is 222 g/mol. The standard InChI is InChI=1S/C14H22O2/c1-11(9-10-16-3)14(15)12(2)13-7-5-4-6-8-13/h4-8,11-12,14-15H,9-10H2,1-3H3. The van der Waals surface area contributed by atoms with Gasteiger partial charge in [-0.15, -0.1) is 0 Å². The Balaban J connectivity index is 2.56. The Kier molecular flexibility index (Phi) is 5.50. The lowest BCUT2D eigenvalue weighted by Gasteiger charge is -2.25. The third-order valence-electron chi connectivity index (χ3n) is 3.20. The minimum absolute atomic E-state index is 0.174. The van der Waals surface area contributed by atoms with Gasteiger partial charge in [0, 0.05) is 19.6 Å². The molecule has 3 atom stereocenters. The van der Waals surface area contributed by atoms with Gasteiger partial charge in [0.1, 0.15) is 0 Å². The maximum absolute atomic E-state index is 10.2. The average Bonchev–Trinajstić information content (AvgIpc) is 2.35. The molecule has 2 heteroatoms. The Bertz CT molecular complexity index is 284. The summed E-state index contributed by atoms with van der Waals surface area (Å²) in [6, 6.07) is 10.2. The summed E-state index contributed by atoms with van der Waals surface area (Å²) in [5, 5.41) is 10.2. The number of hydrogen-bond donors (Lipinski definition) is 1. The summed E-state index contributed by atoms with van der Waals surface area (Å²) in [5.41, 5.74) is 1.19. The van der Waals surface area contributed by atoms with Crippen LogP contribution in [-0.4, -0.2) is 24.9 Å². The fraction of sp³-hybridized carbons (Fsp3) is 0.571. The maximum Gasteiger partial charge on any atom is 0.0632 e. The first kappa shape index (κ1) is 13.2. The normalized spacial score (nSPS) is 16.8. The van der Waals surface area contributed by atoms with Gasteiger partial charge in [0.15, 0.2) is 0 Å². The number of benzene rings is 1. The molecule has 2 nitrogen and oxygen atoms in total. The van der Waals surface area contributed by atoms with E-state index in [9.17, 15) is 5.11 Å². The summed E-state index contributed by atoms with van der Waals surface area (Å²) in [6.07, 6.45) is 0.590. The van der Waals surface area contributed by atoms with Crippen molar-refractivity contribution in [1.82, 2.24) is 0 Å². The molecule has 1 rings (SSSR count). The number of rotatable bonds is 6. The minimum atomic E-state index is -0.308. The van der Waals surface area contributed by atoms with Gasteiger partial charge < -0.3 is 9.84 Å². The third-order valence-corrected chi connectivity index (χ3v) is 3.20. The van der Waals surface area contributed by atoms with E-state index in [0.717, 1.165) is 6.42 Å². The predicted molar refractivity (Wildman–Crippen MR) is 66.5 cm³/mol. The number of aliphatic hydroxyl groups is 1. The van der Waals surface area contributed by atoms with E-state index in [1.807, 2.05) is 18.2 Å². The lowest BCUT2D eigenvalue weighted by molar-refractivity contribution is 0.0713. The molecule has 0 spiro atoms.